The Morgan fingerprint density at radius 2 is 1.83 bits per heavy atom. The van der Waals surface area contributed by atoms with Crippen LogP contribution in [0.5, 0.6) is 0 Å². The summed E-state index contributed by atoms with van der Waals surface area (Å²) in [5.74, 6) is -0.00582. The maximum atomic E-state index is 12.4. The van der Waals surface area contributed by atoms with Gasteiger partial charge in [0.2, 0.25) is 0 Å². The number of carbonyl (C=O) groups is 1. The molecule has 3 nitrogen and oxygen atoms in total. The molecule has 0 heterocycles. The first-order chi connectivity index (χ1) is 11.6. The quantitative estimate of drug-likeness (QED) is 0.865. The van der Waals surface area contributed by atoms with E-state index in [1.54, 1.807) is 7.11 Å². The number of nitrogens with one attached hydrogen (secondary N) is 1. The molecule has 1 aliphatic rings. The molecule has 0 radical (unpaired) electrons. The van der Waals surface area contributed by atoms with Crippen molar-refractivity contribution in [2.45, 2.75) is 26.2 Å². The van der Waals surface area contributed by atoms with Crippen molar-refractivity contribution >= 4 is 5.91 Å². The van der Waals surface area contributed by atoms with Gasteiger partial charge in [-0.25, -0.2) is 0 Å². The number of benzene rings is 2. The zero-order valence-electron chi connectivity index (χ0n) is 14.5. The van der Waals surface area contributed by atoms with Gasteiger partial charge in [0.15, 0.2) is 0 Å². The number of methoxy groups -OCH3 is 1. The molecule has 2 aromatic rings. The number of hydrogen-bond donors (Lipinski definition) is 1. The topological polar surface area (TPSA) is 38.3 Å². The van der Waals surface area contributed by atoms with Gasteiger partial charge in [0.05, 0.1) is 6.61 Å². The van der Waals surface area contributed by atoms with Crippen LogP contribution in [0.2, 0.25) is 0 Å². The Morgan fingerprint density at radius 3 is 2.42 bits per heavy atom. The minimum absolute atomic E-state index is 0.00582. The Hall–Kier alpha value is -2.13. The Morgan fingerprint density at radius 1 is 1.12 bits per heavy atom. The predicted molar refractivity (Wildman–Crippen MR) is 97.1 cm³/mol. The molecule has 0 aliphatic heterocycles. The normalized spacial score (nSPS) is 15.6. The van der Waals surface area contributed by atoms with E-state index < -0.39 is 0 Å². The van der Waals surface area contributed by atoms with Gasteiger partial charge in [0.25, 0.3) is 5.91 Å². The van der Waals surface area contributed by atoms with E-state index in [2.05, 4.69) is 24.4 Å². The maximum Gasteiger partial charge on any atom is 0.251 e. The number of carbonyl (C=O) groups excluding carboxylic acids is 1. The molecule has 1 fully saturated rings. The third-order valence-electron chi connectivity index (χ3n) is 5.09. The third kappa shape index (κ3) is 3.51. The summed E-state index contributed by atoms with van der Waals surface area (Å²) in [6, 6.07) is 16.1. The van der Waals surface area contributed by atoms with Crippen molar-refractivity contribution in [3.63, 3.8) is 0 Å². The highest BCUT2D eigenvalue weighted by molar-refractivity contribution is 5.94. The minimum Gasteiger partial charge on any atom is -0.384 e. The van der Waals surface area contributed by atoms with Gasteiger partial charge < -0.3 is 10.1 Å². The second-order valence-electron chi connectivity index (χ2n) is 6.86. The Labute approximate surface area is 144 Å². The van der Waals surface area contributed by atoms with E-state index in [1.807, 2.05) is 36.4 Å². The molecule has 0 spiro atoms. The highest BCUT2D eigenvalue weighted by Gasteiger charge is 2.37. The first-order valence-electron chi connectivity index (χ1n) is 8.57. The molecule has 24 heavy (non-hydrogen) atoms. The standard InChI is InChI=1S/C21H25NO2/c1-16-6-3-4-7-19(16)17-8-10-18(11-9-17)20(23)22-14-21(15-24-2)12-5-13-21/h3-4,6-11H,5,12-15H2,1-2H3,(H,22,23). The average molecular weight is 323 g/mol. The van der Waals surface area contributed by atoms with Crippen molar-refractivity contribution in [2.75, 3.05) is 20.3 Å². The fraction of sp³-hybridized carbons (Fsp3) is 0.381. The first kappa shape index (κ1) is 16.7. The van der Waals surface area contributed by atoms with Crippen molar-refractivity contribution in [2.24, 2.45) is 5.41 Å². The lowest BCUT2D eigenvalue weighted by atomic mass is 9.69. The van der Waals surface area contributed by atoms with Crippen LogP contribution in [-0.4, -0.2) is 26.2 Å². The van der Waals surface area contributed by atoms with Crippen molar-refractivity contribution in [1.82, 2.24) is 5.32 Å². The smallest absolute Gasteiger partial charge is 0.251 e. The van der Waals surface area contributed by atoms with Crippen LogP contribution in [-0.2, 0) is 4.74 Å². The van der Waals surface area contributed by atoms with Gasteiger partial charge in [-0.2, -0.15) is 0 Å². The van der Waals surface area contributed by atoms with E-state index >= 15 is 0 Å². The largest absolute Gasteiger partial charge is 0.384 e. The molecule has 3 heteroatoms. The summed E-state index contributed by atoms with van der Waals surface area (Å²) in [5, 5.41) is 3.08. The van der Waals surface area contributed by atoms with Gasteiger partial charge in [-0.3, -0.25) is 4.79 Å². The van der Waals surface area contributed by atoms with Crippen LogP contribution in [0.25, 0.3) is 11.1 Å². The second kappa shape index (κ2) is 7.18. The van der Waals surface area contributed by atoms with Crippen molar-refractivity contribution in [3.8, 4) is 11.1 Å². The molecule has 1 saturated carbocycles. The lowest BCUT2D eigenvalue weighted by Gasteiger charge is -2.41. The van der Waals surface area contributed by atoms with Crippen LogP contribution in [0.1, 0.15) is 35.2 Å². The highest BCUT2D eigenvalue weighted by Crippen LogP contribution is 2.40. The SMILES string of the molecule is COCC1(CNC(=O)c2ccc(-c3ccccc3C)cc2)CCC1. The number of aryl methyl sites for hydroxylation is 1. The lowest BCUT2D eigenvalue weighted by molar-refractivity contribution is 0.0180. The number of ether oxygens (including phenoxy) is 1. The summed E-state index contributed by atoms with van der Waals surface area (Å²) >= 11 is 0. The van der Waals surface area contributed by atoms with Gasteiger partial charge >= 0.3 is 0 Å². The van der Waals surface area contributed by atoms with Gasteiger partial charge in [-0.1, -0.05) is 42.8 Å². The fourth-order valence-electron chi connectivity index (χ4n) is 3.42. The first-order valence-corrected chi connectivity index (χ1v) is 8.57. The molecule has 0 unspecified atom stereocenters. The van der Waals surface area contributed by atoms with Crippen molar-refractivity contribution in [3.05, 3.63) is 59.7 Å². The Balaban J connectivity index is 1.65. The van der Waals surface area contributed by atoms with Crippen LogP contribution >= 0.6 is 0 Å². The molecule has 1 amide bonds. The maximum absolute atomic E-state index is 12.4. The van der Waals surface area contributed by atoms with Gasteiger partial charge in [0, 0.05) is 24.6 Å². The van der Waals surface area contributed by atoms with E-state index in [0.717, 1.165) is 25.0 Å². The molecule has 0 atom stereocenters. The lowest BCUT2D eigenvalue weighted by Crippen LogP contribution is -2.45. The number of amides is 1. The zero-order chi connectivity index (χ0) is 17.0. The van der Waals surface area contributed by atoms with E-state index in [1.165, 1.54) is 17.5 Å². The molecule has 0 bridgehead atoms. The Bertz CT molecular complexity index is 702. The van der Waals surface area contributed by atoms with E-state index in [9.17, 15) is 4.79 Å². The fourth-order valence-corrected chi connectivity index (χ4v) is 3.42. The van der Waals surface area contributed by atoms with Gasteiger partial charge in [-0.05, 0) is 48.6 Å². The zero-order valence-corrected chi connectivity index (χ0v) is 14.5. The molecule has 0 saturated heterocycles. The predicted octanol–water partition coefficient (Wildman–Crippen LogP) is 4.21. The van der Waals surface area contributed by atoms with Crippen molar-refractivity contribution < 1.29 is 9.53 Å². The van der Waals surface area contributed by atoms with Crippen LogP contribution in [0.15, 0.2) is 48.5 Å². The van der Waals surface area contributed by atoms with Crippen LogP contribution in [0.4, 0.5) is 0 Å². The van der Waals surface area contributed by atoms with E-state index in [4.69, 9.17) is 4.74 Å². The molecule has 126 valence electrons. The summed E-state index contributed by atoms with van der Waals surface area (Å²) in [4.78, 5) is 12.4. The minimum atomic E-state index is -0.00582. The number of rotatable bonds is 6. The molecule has 1 aliphatic carbocycles. The molecule has 2 aromatic carbocycles. The monoisotopic (exact) mass is 323 g/mol. The molecular formula is C21H25NO2. The summed E-state index contributed by atoms with van der Waals surface area (Å²) in [7, 11) is 1.73. The summed E-state index contributed by atoms with van der Waals surface area (Å²) in [6.45, 7) is 3.52. The summed E-state index contributed by atoms with van der Waals surface area (Å²) in [5.41, 5.74) is 4.43. The summed E-state index contributed by atoms with van der Waals surface area (Å²) < 4.78 is 5.31. The summed E-state index contributed by atoms with van der Waals surface area (Å²) in [6.07, 6.45) is 3.49. The Kier molecular flexibility index (Phi) is 5.00. The van der Waals surface area contributed by atoms with Crippen LogP contribution in [0.3, 0.4) is 0 Å². The average Bonchev–Trinajstić information content (AvgIpc) is 2.57. The molecule has 1 N–H and O–H groups in total. The second-order valence-corrected chi connectivity index (χ2v) is 6.86. The van der Waals surface area contributed by atoms with Crippen LogP contribution in [0, 0.1) is 12.3 Å². The van der Waals surface area contributed by atoms with Crippen molar-refractivity contribution in [1.29, 1.82) is 0 Å². The highest BCUT2D eigenvalue weighted by atomic mass is 16.5. The van der Waals surface area contributed by atoms with E-state index in [-0.39, 0.29) is 11.3 Å². The third-order valence-corrected chi connectivity index (χ3v) is 5.09. The molecule has 0 aromatic heterocycles. The van der Waals surface area contributed by atoms with Crippen LogP contribution < -0.4 is 5.32 Å². The molecular weight excluding hydrogens is 298 g/mol. The number of hydrogen-bond acceptors (Lipinski definition) is 2. The van der Waals surface area contributed by atoms with Gasteiger partial charge in [0.1, 0.15) is 0 Å². The van der Waals surface area contributed by atoms with Gasteiger partial charge in [-0.15, -0.1) is 0 Å². The molecule has 3 rings (SSSR count). The van der Waals surface area contributed by atoms with E-state index in [0.29, 0.717) is 12.1 Å².